The maximum atomic E-state index is 9.38. The average Bonchev–Trinajstić information content (AvgIpc) is 2.75. The second-order valence-electron chi connectivity index (χ2n) is 3.12. The molecule has 0 spiro atoms. The molecule has 0 aliphatic rings. The van der Waals surface area contributed by atoms with Crippen LogP contribution in [0.15, 0.2) is 23.0 Å². The quantitative estimate of drug-likeness (QED) is 0.838. The first-order chi connectivity index (χ1) is 7.66. The molecule has 0 atom stereocenters. The van der Waals surface area contributed by atoms with Crippen LogP contribution in [0.1, 0.15) is 5.69 Å². The Labute approximate surface area is 107 Å². The predicted molar refractivity (Wildman–Crippen MR) is 67.6 cm³/mol. The van der Waals surface area contributed by atoms with E-state index in [1.807, 2.05) is 5.38 Å². The summed E-state index contributed by atoms with van der Waals surface area (Å²) >= 11 is 13.1. The first kappa shape index (κ1) is 11.5. The fourth-order valence-electron chi connectivity index (χ4n) is 1.19. The van der Waals surface area contributed by atoms with E-state index in [0.717, 1.165) is 11.4 Å². The number of benzene rings is 1. The number of halogens is 2. The van der Waals surface area contributed by atoms with Crippen molar-refractivity contribution >= 4 is 40.2 Å². The molecule has 0 unspecified atom stereocenters. The molecule has 1 aromatic carbocycles. The van der Waals surface area contributed by atoms with Crippen molar-refractivity contribution in [2.75, 3.05) is 5.32 Å². The molecule has 0 amide bonds. The summed E-state index contributed by atoms with van der Waals surface area (Å²) in [6, 6.07) is 3.24. The molecule has 3 nitrogen and oxygen atoms in total. The van der Waals surface area contributed by atoms with Crippen molar-refractivity contribution in [1.29, 1.82) is 0 Å². The lowest BCUT2D eigenvalue weighted by Crippen LogP contribution is -1.99. The van der Waals surface area contributed by atoms with E-state index in [2.05, 4.69) is 10.3 Å². The van der Waals surface area contributed by atoms with Crippen LogP contribution in [-0.2, 0) is 6.54 Å². The first-order valence-corrected chi connectivity index (χ1v) is 6.15. The van der Waals surface area contributed by atoms with Crippen molar-refractivity contribution in [3.8, 4) is 5.75 Å². The zero-order valence-corrected chi connectivity index (χ0v) is 10.4. The normalized spacial score (nSPS) is 10.4. The van der Waals surface area contributed by atoms with Gasteiger partial charge in [-0.1, -0.05) is 23.2 Å². The molecular formula is C10H8Cl2N2OS. The standard InChI is InChI=1S/C10H8Cl2N2OS/c11-8-1-6(2-9(12)10(8)15)13-3-7-4-16-5-14-7/h1-2,4-5,13,15H,3H2. The van der Waals surface area contributed by atoms with E-state index < -0.39 is 0 Å². The number of nitrogens with one attached hydrogen (secondary N) is 1. The van der Waals surface area contributed by atoms with E-state index in [4.69, 9.17) is 23.2 Å². The third-order valence-corrected chi connectivity index (χ3v) is 3.19. The van der Waals surface area contributed by atoms with Crippen LogP contribution in [0.4, 0.5) is 5.69 Å². The van der Waals surface area contributed by atoms with Gasteiger partial charge in [0.2, 0.25) is 0 Å². The minimum atomic E-state index is -0.0949. The van der Waals surface area contributed by atoms with Gasteiger partial charge in [0.1, 0.15) is 0 Å². The van der Waals surface area contributed by atoms with Crippen molar-refractivity contribution < 1.29 is 5.11 Å². The second-order valence-corrected chi connectivity index (χ2v) is 4.65. The highest BCUT2D eigenvalue weighted by molar-refractivity contribution is 7.07. The Morgan fingerprint density at radius 2 is 2.00 bits per heavy atom. The Morgan fingerprint density at radius 3 is 2.56 bits per heavy atom. The maximum absolute atomic E-state index is 9.38. The van der Waals surface area contributed by atoms with E-state index in [-0.39, 0.29) is 15.8 Å². The van der Waals surface area contributed by atoms with Gasteiger partial charge in [0.15, 0.2) is 5.75 Å². The third kappa shape index (κ3) is 2.58. The van der Waals surface area contributed by atoms with E-state index in [0.29, 0.717) is 6.54 Å². The summed E-state index contributed by atoms with van der Waals surface area (Å²) in [5, 5.41) is 14.9. The molecule has 0 saturated heterocycles. The largest absolute Gasteiger partial charge is 0.505 e. The second kappa shape index (κ2) is 4.91. The number of hydrogen-bond acceptors (Lipinski definition) is 4. The zero-order chi connectivity index (χ0) is 11.5. The van der Waals surface area contributed by atoms with Crippen molar-refractivity contribution in [2.24, 2.45) is 0 Å². The molecule has 84 valence electrons. The number of hydrogen-bond donors (Lipinski definition) is 2. The van der Waals surface area contributed by atoms with Crippen LogP contribution in [0.3, 0.4) is 0 Å². The smallest absolute Gasteiger partial charge is 0.152 e. The Morgan fingerprint density at radius 1 is 1.31 bits per heavy atom. The Balaban J connectivity index is 2.10. The molecule has 0 saturated carbocycles. The summed E-state index contributed by atoms with van der Waals surface area (Å²) in [5.74, 6) is -0.0949. The summed E-state index contributed by atoms with van der Waals surface area (Å²) in [7, 11) is 0. The van der Waals surface area contributed by atoms with Crippen molar-refractivity contribution in [3.63, 3.8) is 0 Å². The van der Waals surface area contributed by atoms with Crippen molar-refractivity contribution in [3.05, 3.63) is 38.8 Å². The van der Waals surface area contributed by atoms with Crippen LogP contribution < -0.4 is 5.32 Å². The molecule has 6 heteroatoms. The van der Waals surface area contributed by atoms with Crippen LogP contribution in [0.25, 0.3) is 0 Å². The minimum Gasteiger partial charge on any atom is -0.505 e. The summed E-state index contributed by atoms with van der Waals surface area (Å²) in [5.41, 5.74) is 3.47. The fourth-order valence-corrected chi connectivity index (χ4v) is 2.23. The average molecular weight is 275 g/mol. The van der Waals surface area contributed by atoms with Crippen LogP contribution in [0, 0.1) is 0 Å². The Bertz CT molecular complexity index is 465. The minimum absolute atomic E-state index is 0.0949. The summed E-state index contributed by atoms with van der Waals surface area (Å²) in [4.78, 5) is 4.13. The van der Waals surface area contributed by atoms with Gasteiger partial charge < -0.3 is 10.4 Å². The SMILES string of the molecule is Oc1c(Cl)cc(NCc2cscn2)cc1Cl. The lowest BCUT2D eigenvalue weighted by atomic mass is 10.3. The van der Waals surface area contributed by atoms with Gasteiger partial charge in [-0.2, -0.15) is 0 Å². The van der Waals surface area contributed by atoms with Gasteiger partial charge in [-0.3, -0.25) is 0 Å². The highest BCUT2D eigenvalue weighted by atomic mass is 35.5. The van der Waals surface area contributed by atoms with Gasteiger partial charge in [0, 0.05) is 11.1 Å². The number of anilines is 1. The number of rotatable bonds is 3. The summed E-state index contributed by atoms with van der Waals surface area (Å²) in [6.07, 6.45) is 0. The number of thiazole rings is 1. The predicted octanol–water partition coefficient (Wildman–Crippen LogP) is 3.77. The van der Waals surface area contributed by atoms with Gasteiger partial charge in [-0.05, 0) is 12.1 Å². The molecular weight excluding hydrogens is 267 g/mol. The fraction of sp³-hybridized carbons (Fsp3) is 0.100. The molecule has 2 aromatic rings. The van der Waals surface area contributed by atoms with Crippen LogP contribution >= 0.6 is 34.5 Å². The highest BCUT2D eigenvalue weighted by Gasteiger charge is 2.06. The molecule has 0 bridgehead atoms. The van der Waals surface area contributed by atoms with E-state index in [1.54, 1.807) is 29.0 Å². The summed E-state index contributed by atoms with van der Waals surface area (Å²) in [6.45, 7) is 0.598. The molecule has 0 aliphatic heterocycles. The van der Waals surface area contributed by atoms with E-state index in [1.165, 1.54) is 0 Å². The number of phenolic OH excluding ortho intramolecular Hbond substituents is 1. The van der Waals surface area contributed by atoms with Gasteiger partial charge in [0.05, 0.1) is 27.8 Å². The molecule has 2 rings (SSSR count). The van der Waals surface area contributed by atoms with Gasteiger partial charge >= 0.3 is 0 Å². The Hall–Kier alpha value is -0.970. The highest BCUT2D eigenvalue weighted by Crippen LogP contribution is 2.34. The molecule has 1 aromatic heterocycles. The molecule has 0 fully saturated rings. The van der Waals surface area contributed by atoms with Gasteiger partial charge in [-0.25, -0.2) is 4.98 Å². The van der Waals surface area contributed by atoms with Crippen molar-refractivity contribution in [1.82, 2.24) is 4.98 Å². The van der Waals surface area contributed by atoms with Crippen molar-refractivity contribution in [2.45, 2.75) is 6.54 Å². The molecule has 0 radical (unpaired) electrons. The van der Waals surface area contributed by atoms with Crippen LogP contribution in [0.2, 0.25) is 10.0 Å². The third-order valence-electron chi connectivity index (χ3n) is 1.97. The van der Waals surface area contributed by atoms with Gasteiger partial charge in [0.25, 0.3) is 0 Å². The first-order valence-electron chi connectivity index (χ1n) is 4.46. The number of aromatic hydroxyl groups is 1. The Kier molecular flexibility index (Phi) is 3.53. The zero-order valence-electron chi connectivity index (χ0n) is 8.08. The van der Waals surface area contributed by atoms with E-state index >= 15 is 0 Å². The molecule has 0 aliphatic carbocycles. The molecule has 1 heterocycles. The number of phenols is 1. The van der Waals surface area contributed by atoms with Gasteiger partial charge in [-0.15, -0.1) is 11.3 Å². The summed E-state index contributed by atoms with van der Waals surface area (Å²) < 4.78 is 0. The molecule has 2 N–H and O–H groups in total. The topological polar surface area (TPSA) is 45.1 Å². The lowest BCUT2D eigenvalue weighted by Gasteiger charge is -2.07. The molecule has 16 heavy (non-hydrogen) atoms. The lowest BCUT2D eigenvalue weighted by molar-refractivity contribution is 0.476. The number of aromatic nitrogens is 1. The monoisotopic (exact) mass is 274 g/mol. The number of nitrogens with zero attached hydrogens (tertiary/aromatic N) is 1. The van der Waals surface area contributed by atoms with Crippen LogP contribution in [0.5, 0.6) is 5.75 Å². The van der Waals surface area contributed by atoms with Crippen LogP contribution in [-0.4, -0.2) is 10.1 Å². The van der Waals surface area contributed by atoms with E-state index in [9.17, 15) is 5.11 Å². The maximum Gasteiger partial charge on any atom is 0.152 e.